The molecule has 0 aliphatic rings. The van der Waals surface area contributed by atoms with E-state index in [1.807, 2.05) is 0 Å². The number of benzene rings is 6. The van der Waals surface area contributed by atoms with E-state index < -0.39 is 57.4 Å². The summed E-state index contributed by atoms with van der Waals surface area (Å²) in [4.78, 5) is 0. The van der Waals surface area contributed by atoms with Crippen LogP contribution in [0.25, 0.3) is 0 Å². The zero-order valence-corrected chi connectivity index (χ0v) is 41.0. The third-order valence-electron chi connectivity index (χ3n) is 9.37. The van der Waals surface area contributed by atoms with Crippen molar-refractivity contribution in [2.24, 2.45) is 0 Å². The fraction of sp³-hybridized carbons (Fsp3) is 0.250. The zero-order chi connectivity index (χ0) is 37.2. The van der Waals surface area contributed by atoms with E-state index in [2.05, 4.69) is 224 Å². The zero-order valence-electron chi connectivity index (χ0n) is 32.6. The average Bonchev–Trinajstić information content (AvgIpc) is 3.23. The fourth-order valence-electron chi connectivity index (χ4n) is 6.13. The summed E-state index contributed by atoms with van der Waals surface area (Å²) in [7, 11) is 0. The molecule has 0 saturated carbocycles. The summed E-state index contributed by atoms with van der Waals surface area (Å²) in [6, 6.07) is 65.6. The molecule has 0 saturated heterocycles. The van der Waals surface area contributed by atoms with Crippen LogP contribution in [0.15, 0.2) is 182 Å². The van der Waals surface area contributed by atoms with Crippen LogP contribution in [0.4, 0.5) is 0 Å². The number of rotatable bonds is 12. The summed E-state index contributed by atoms with van der Waals surface area (Å²) in [6.07, 6.45) is 0. The molecular weight excluding hydrogens is 867 g/mol. The second-order valence-corrected chi connectivity index (χ2v) is 38.2. The molecule has 0 heterocycles. The van der Waals surface area contributed by atoms with Gasteiger partial charge < -0.3 is 0 Å². The number of hydrogen-bond acceptors (Lipinski definition) is 0. The van der Waals surface area contributed by atoms with Gasteiger partial charge in [-0.2, -0.15) is 0 Å². The van der Waals surface area contributed by atoms with Crippen LogP contribution < -0.4 is 26.4 Å². The van der Waals surface area contributed by atoms with Crippen molar-refractivity contribution in [3.63, 3.8) is 0 Å². The van der Waals surface area contributed by atoms with E-state index in [9.17, 15) is 0 Å². The first-order valence-corrected chi connectivity index (χ1v) is 34.5. The molecule has 0 aliphatic heterocycles. The maximum absolute atomic E-state index is 2.34. The first-order chi connectivity index (χ1) is 25.6. The van der Waals surface area contributed by atoms with Gasteiger partial charge in [0, 0.05) is 0 Å². The maximum atomic E-state index is 2.34. The van der Waals surface area contributed by atoms with Crippen LogP contribution >= 0.6 is 0 Å². The molecule has 0 nitrogen and oxygen atoms in total. The quantitative estimate of drug-likeness (QED) is 0.107. The van der Waals surface area contributed by atoms with Crippen molar-refractivity contribution >= 4 is 83.8 Å². The molecular formula is C48H60Ge4. The molecule has 0 aromatic heterocycles. The molecule has 4 heteroatoms. The predicted molar refractivity (Wildman–Crippen MR) is 242 cm³/mol. The van der Waals surface area contributed by atoms with Crippen molar-refractivity contribution in [2.45, 2.75) is 73.1 Å². The molecule has 6 aromatic carbocycles. The van der Waals surface area contributed by atoms with Gasteiger partial charge in [0.2, 0.25) is 0 Å². The molecule has 6 aromatic rings. The Labute approximate surface area is 336 Å². The minimum atomic E-state index is -1.63. The summed E-state index contributed by atoms with van der Waals surface area (Å²) in [6.45, 7) is 14.0. The van der Waals surface area contributed by atoms with Crippen molar-refractivity contribution in [1.82, 2.24) is 0 Å². The van der Waals surface area contributed by atoms with Gasteiger partial charge in [0.1, 0.15) is 0 Å². The van der Waals surface area contributed by atoms with Crippen molar-refractivity contribution in [2.75, 3.05) is 0 Å². The van der Waals surface area contributed by atoms with Crippen molar-refractivity contribution < 1.29 is 0 Å². The molecule has 0 spiro atoms. The summed E-state index contributed by atoms with van der Waals surface area (Å²) in [5.74, 6) is 0. The van der Waals surface area contributed by atoms with Crippen LogP contribution in [0, 0.1) is 0 Å². The van der Waals surface area contributed by atoms with Crippen molar-refractivity contribution in [3.05, 3.63) is 182 Å². The molecule has 0 aliphatic carbocycles. The Morgan fingerprint density at radius 2 is 0.365 bits per heavy atom. The van der Waals surface area contributed by atoms with E-state index in [0.717, 1.165) is 0 Å². The summed E-state index contributed by atoms with van der Waals surface area (Å²) in [5, 5.41) is 9.12. The van der Waals surface area contributed by atoms with Crippen LogP contribution in [-0.4, -0.2) is 57.4 Å². The van der Waals surface area contributed by atoms with Crippen LogP contribution in [0.5, 0.6) is 0 Å². The monoisotopic (exact) mass is 932 g/mol. The van der Waals surface area contributed by atoms with Crippen molar-refractivity contribution in [3.8, 4) is 0 Å². The summed E-state index contributed by atoms with van der Waals surface area (Å²) in [5.41, 5.74) is 0. The second kappa shape index (κ2) is 27.1. The molecule has 0 fully saturated rings. The topological polar surface area (TPSA) is 0 Å². The van der Waals surface area contributed by atoms with Gasteiger partial charge in [-0.25, -0.2) is 0 Å². The number of hydrogen-bond donors (Lipinski definition) is 0. The molecule has 52 heavy (non-hydrogen) atoms. The molecule has 4 radical (unpaired) electrons. The van der Waals surface area contributed by atoms with Gasteiger partial charge in [0.05, 0.1) is 0 Å². The van der Waals surface area contributed by atoms with Gasteiger partial charge in [-0.15, -0.1) is 0 Å². The Kier molecular flexibility index (Phi) is 22.9. The van der Waals surface area contributed by atoms with E-state index in [4.69, 9.17) is 0 Å². The summed E-state index contributed by atoms with van der Waals surface area (Å²) < 4.78 is 9.00. The van der Waals surface area contributed by atoms with E-state index >= 15 is 0 Å². The van der Waals surface area contributed by atoms with Gasteiger partial charge in [-0.1, -0.05) is 0 Å². The van der Waals surface area contributed by atoms with Crippen LogP contribution in [0.3, 0.4) is 0 Å². The SMILES string of the molecule is C[CH2][Ge]([CH2]C)[CH2]C.C[CH2][Ge]([CH2]C)[CH2]C.c1cc[c]([Ge]([c]2ccccc2)[c]2ccccc2)cc1.c1cc[c]([Ge]([c]2ccccc2)[c]2ccccc2)cc1. The van der Waals surface area contributed by atoms with E-state index in [1.165, 1.54) is 57.9 Å². The third kappa shape index (κ3) is 15.5. The Morgan fingerprint density at radius 3 is 0.462 bits per heavy atom. The van der Waals surface area contributed by atoms with Gasteiger partial charge in [0.25, 0.3) is 0 Å². The standard InChI is InChI=1S/2C18H15Ge.2C6H15Ge/c2*1-4-10-16(11-5-1)19(17-12-6-2-7-13-17)18-14-8-3-9-15-18;2*1-4-7(5-2)6-3/h2*1-15H;2*4-6H2,1-3H3. The Hall–Kier alpha value is -2.51. The molecule has 0 unspecified atom stereocenters. The van der Waals surface area contributed by atoms with Gasteiger partial charge in [-0.3, -0.25) is 0 Å². The Morgan fingerprint density at radius 1 is 0.231 bits per heavy atom. The third-order valence-corrected chi connectivity index (χ3v) is 33.4. The second-order valence-electron chi connectivity index (χ2n) is 12.6. The fourth-order valence-corrected chi connectivity index (χ4v) is 23.2. The van der Waals surface area contributed by atoms with Crippen molar-refractivity contribution in [1.29, 1.82) is 0 Å². The summed E-state index contributed by atoms with van der Waals surface area (Å²) >= 11 is -4.07. The molecule has 0 amide bonds. The normalized spacial score (nSPS) is 10.5. The van der Waals surface area contributed by atoms with Crippen LogP contribution in [0.2, 0.25) is 31.5 Å². The van der Waals surface area contributed by atoms with E-state index in [1.54, 1.807) is 0 Å². The van der Waals surface area contributed by atoms with Gasteiger partial charge in [-0.05, 0) is 0 Å². The molecule has 6 rings (SSSR count). The van der Waals surface area contributed by atoms with Crippen LogP contribution in [0.1, 0.15) is 41.5 Å². The van der Waals surface area contributed by atoms with Gasteiger partial charge >= 0.3 is 339 Å². The molecule has 268 valence electrons. The van der Waals surface area contributed by atoms with E-state index in [0.29, 0.717) is 0 Å². The molecule has 0 N–H and O–H groups in total. The van der Waals surface area contributed by atoms with Gasteiger partial charge in [0.15, 0.2) is 0 Å². The predicted octanol–water partition coefficient (Wildman–Crippen LogP) is 9.49. The molecule has 0 atom stereocenters. The first kappa shape index (κ1) is 43.9. The Balaban J connectivity index is 0.000000208. The minimum absolute atomic E-state index is 0.403. The molecule has 0 bridgehead atoms. The van der Waals surface area contributed by atoms with E-state index in [-0.39, 0.29) is 0 Å². The van der Waals surface area contributed by atoms with Crippen LogP contribution in [-0.2, 0) is 0 Å². The first-order valence-electron chi connectivity index (χ1n) is 19.3. The Bertz CT molecular complexity index is 1350. The average molecular weight is 927 g/mol.